The molecule has 0 spiro atoms. The number of nitrogens with one attached hydrogen (secondary N) is 2. The molecule has 2 N–H and O–H groups in total. The van der Waals surface area contributed by atoms with Gasteiger partial charge in [0.25, 0.3) is 0 Å². The first kappa shape index (κ1) is 21.3. The lowest BCUT2D eigenvalue weighted by molar-refractivity contribution is -0.122. The summed E-state index contributed by atoms with van der Waals surface area (Å²) in [6.45, 7) is 2.74. The predicted molar refractivity (Wildman–Crippen MR) is 108 cm³/mol. The zero-order chi connectivity index (χ0) is 15.4. The molecular weight excluding hydrogens is 385 g/mol. The summed E-state index contributed by atoms with van der Waals surface area (Å²) in [5.74, 6) is 1.83. The van der Waals surface area contributed by atoms with Gasteiger partial charge in [-0.2, -0.15) is 0 Å². The molecule has 1 aliphatic heterocycles. The van der Waals surface area contributed by atoms with E-state index in [0.717, 1.165) is 34.3 Å². The van der Waals surface area contributed by atoms with Crippen molar-refractivity contribution in [3.8, 4) is 11.3 Å². The van der Waals surface area contributed by atoms with Gasteiger partial charge in [-0.25, -0.2) is 4.98 Å². The Morgan fingerprint density at radius 3 is 2.75 bits per heavy atom. The van der Waals surface area contributed by atoms with E-state index in [-0.39, 0.29) is 36.8 Å². The van der Waals surface area contributed by atoms with Crippen molar-refractivity contribution in [3.05, 3.63) is 40.2 Å². The van der Waals surface area contributed by atoms with Crippen molar-refractivity contribution in [3.63, 3.8) is 0 Å². The predicted octanol–water partition coefficient (Wildman–Crippen LogP) is 3.28. The van der Waals surface area contributed by atoms with Gasteiger partial charge >= 0.3 is 0 Å². The number of benzene rings is 1. The SMILES string of the molecule is Cc1sc(CCNC(=O)C2CSCN2)nc1-c1ccccc1.Cl.Cl. The number of amides is 1. The summed E-state index contributed by atoms with van der Waals surface area (Å²) in [6.07, 6.45) is 0.782. The van der Waals surface area contributed by atoms with E-state index in [0.29, 0.717) is 6.54 Å². The van der Waals surface area contributed by atoms with E-state index in [1.807, 2.05) is 18.2 Å². The number of nitrogens with zero attached hydrogens (tertiary/aromatic N) is 1. The molecule has 1 amide bonds. The molecule has 1 aromatic heterocycles. The van der Waals surface area contributed by atoms with E-state index in [4.69, 9.17) is 4.98 Å². The van der Waals surface area contributed by atoms with Crippen LogP contribution < -0.4 is 10.6 Å². The number of hydrogen-bond donors (Lipinski definition) is 2. The van der Waals surface area contributed by atoms with Crippen LogP contribution in [0.5, 0.6) is 0 Å². The van der Waals surface area contributed by atoms with E-state index >= 15 is 0 Å². The summed E-state index contributed by atoms with van der Waals surface area (Å²) in [6, 6.07) is 10.2. The fourth-order valence-corrected chi connectivity index (χ4v) is 4.30. The van der Waals surface area contributed by atoms with Gasteiger partial charge in [-0.15, -0.1) is 47.9 Å². The van der Waals surface area contributed by atoms with Crippen molar-refractivity contribution in [2.24, 2.45) is 0 Å². The third kappa shape index (κ3) is 5.36. The lowest BCUT2D eigenvalue weighted by Crippen LogP contribution is -2.42. The number of rotatable bonds is 5. The molecule has 0 saturated carbocycles. The molecule has 4 nitrogen and oxygen atoms in total. The molecule has 1 aromatic carbocycles. The minimum atomic E-state index is -0.0390. The lowest BCUT2D eigenvalue weighted by atomic mass is 10.1. The van der Waals surface area contributed by atoms with Crippen LogP contribution in [-0.2, 0) is 11.2 Å². The van der Waals surface area contributed by atoms with Gasteiger partial charge in [-0.3, -0.25) is 10.1 Å². The first-order chi connectivity index (χ1) is 10.7. The number of thioether (sulfide) groups is 1. The highest BCUT2D eigenvalue weighted by atomic mass is 35.5. The number of aryl methyl sites for hydroxylation is 1. The Labute approximate surface area is 163 Å². The van der Waals surface area contributed by atoms with Gasteiger partial charge in [0, 0.05) is 35.0 Å². The molecule has 1 aliphatic rings. The maximum Gasteiger partial charge on any atom is 0.238 e. The molecule has 0 radical (unpaired) electrons. The third-order valence-corrected chi connectivity index (χ3v) is 5.53. The van der Waals surface area contributed by atoms with Crippen LogP contribution in [0.15, 0.2) is 30.3 Å². The van der Waals surface area contributed by atoms with Crippen LogP contribution in [0.4, 0.5) is 0 Å². The molecule has 1 saturated heterocycles. The summed E-state index contributed by atoms with van der Waals surface area (Å²) in [7, 11) is 0. The van der Waals surface area contributed by atoms with Crippen LogP contribution >= 0.6 is 47.9 Å². The molecule has 2 heterocycles. The highest BCUT2D eigenvalue weighted by molar-refractivity contribution is 7.99. The lowest BCUT2D eigenvalue weighted by Gasteiger charge is -2.09. The second-order valence-electron chi connectivity index (χ2n) is 5.19. The Morgan fingerprint density at radius 1 is 1.33 bits per heavy atom. The van der Waals surface area contributed by atoms with E-state index in [1.165, 1.54) is 4.88 Å². The normalized spacial score (nSPS) is 16.1. The number of carbonyl (C=O) groups is 1. The Bertz CT molecular complexity index is 646. The van der Waals surface area contributed by atoms with Gasteiger partial charge in [-0.05, 0) is 6.92 Å². The molecule has 1 atom stereocenters. The monoisotopic (exact) mass is 405 g/mol. The van der Waals surface area contributed by atoms with E-state index in [9.17, 15) is 4.79 Å². The van der Waals surface area contributed by atoms with Crippen molar-refractivity contribution in [2.45, 2.75) is 19.4 Å². The third-order valence-electron chi connectivity index (χ3n) is 3.56. The molecule has 8 heteroatoms. The van der Waals surface area contributed by atoms with Crippen LogP contribution in [0.3, 0.4) is 0 Å². The summed E-state index contributed by atoms with van der Waals surface area (Å²) < 4.78 is 0. The fourth-order valence-electron chi connectivity index (χ4n) is 2.40. The minimum Gasteiger partial charge on any atom is -0.354 e. The first-order valence-corrected chi connectivity index (χ1v) is 9.32. The van der Waals surface area contributed by atoms with Gasteiger partial charge in [0.2, 0.25) is 5.91 Å². The van der Waals surface area contributed by atoms with Crippen molar-refractivity contribution in [1.29, 1.82) is 0 Å². The van der Waals surface area contributed by atoms with Gasteiger partial charge in [0.1, 0.15) is 0 Å². The maximum absolute atomic E-state index is 11.9. The number of halogens is 2. The first-order valence-electron chi connectivity index (χ1n) is 7.34. The summed E-state index contributed by atoms with van der Waals surface area (Å²) in [5.41, 5.74) is 2.21. The van der Waals surface area contributed by atoms with E-state index < -0.39 is 0 Å². The number of hydrogen-bond acceptors (Lipinski definition) is 5. The Balaban J connectivity index is 0.00000144. The highest BCUT2D eigenvalue weighted by Crippen LogP contribution is 2.27. The van der Waals surface area contributed by atoms with Gasteiger partial charge in [0.05, 0.1) is 16.7 Å². The van der Waals surface area contributed by atoms with Crippen LogP contribution in [0, 0.1) is 6.92 Å². The molecule has 24 heavy (non-hydrogen) atoms. The zero-order valence-electron chi connectivity index (χ0n) is 13.3. The molecule has 3 rings (SSSR count). The molecule has 1 unspecified atom stereocenters. The van der Waals surface area contributed by atoms with Crippen molar-refractivity contribution >= 4 is 53.8 Å². The Hall–Kier alpha value is -0.790. The average molecular weight is 406 g/mol. The molecule has 132 valence electrons. The van der Waals surface area contributed by atoms with Crippen LogP contribution in [0.2, 0.25) is 0 Å². The standard InChI is InChI=1S/C16H19N3OS2.2ClH/c1-11-15(12-5-3-2-4-6-12)19-14(22-11)7-8-17-16(20)13-9-21-10-18-13;;/h2-6,13,18H,7-10H2,1H3,(H,17,20);2*1H. The summed E-state index contributed by atoms with van der Waals surface area (Å²) in [5, 5.41) is 7.25. The molecule has 2 aromatic rings. The zero-order valence-corrected chi connectivity index (χ0v) is 16.5. The average Bonchev–Trinajstić information content (AvgIpc) is 3.18. The Morgan fingerprint density at radius 2 is 2.08 bits per heavy atom. The second-order valence-corrected chi connectivity index (χ2v) is 7.51. The maximum atomic E-state index is 11.9. The molecule has 0 aliphatic carbocycles. The minimum absolute atomic E-state index is 0. The molecular formula is C16H21Cl2N3OS2. The fraction of sp³-hybridized carbons (Fsp3) is 0.375. The number of thiazole rings is 1. The van der Waals surface area contributed by atoms with Gasteiger partial charge in [-0.1, -0.05) is 30.3 Å². The van der Waals surface area contributed by atoms with Gasteiger partial charge in [0.15, 0.2) is 0 Å². The van der Waals surface area contributed by atoms with E-state index in [2.05, 4.69) is 29.7 Å². The van der Waals surface area contributed by atoms with Gasteiger partial charge < -0.3 is 5.32 Å². The number of carbonyl (C=O) groups excluding carboxylic acids is 1. The molecule has 0 bridgehead atoms. The Kier molecular flexibility index (Phi) is 9.08. The highest BCUT2D eigenvalue weighted by Gasteiger charge is 2.21. The van der Waals surface area contributed by atoms with Crippen molar-refractivity contribution in [1.82, 2.24) is 15.6 Å². The van der Waals surface area contributed by atoms with Crippen molar-refractivity contribution in [2.75, 3.05) is 18.2 Å². The summed E-state index contributed by atoms with van der Waals surface area (Å²) in [4.78, 5) is 17.9. The summed E-state index contributed by atoms with van der Waals surface area (Å²) >= 11 is 3.47. The van der Waals surface area contributed by atoms with E-state index in [1.54, 1.807) is 23.1 Å². The van der Waals surface area contributed by atoms with Crippen LogP contribution in [-0.4, -0.2) is 35.1 Å². The smallest absolute Gasteiger partial charge is 0.238 e. The van der Waals surface area contributed by atoms with Crippen LogP contribution in [0.1, 0.15) is 9.88 Å². The molecule has 1 fully saturated rings. The second kappa shape index (κ2) is 10.3. The van der Waals surface area contributed by atoms with Crippen molar-refractivity contribution < 1.29 is 4.79 Å². The largest absolute Gasteiger partial charge is 0.354 e. The number of aromatic nitrogens is 1. The quantitative estimate of drug-likeness (QED) is 0.800. The van der Waals surface area contributed by atoms with Crippen LogP contribution in [0.25, 0.3) is 11.3 Å². The topological polar surface area (TPSA) is 54.0 Å².